The number of aryl methyl sites for hydroxylation is 2. The Morgan fingerprint density at radius 3 is 2.39 bits per heavy atom. The summed E-state index contributed by atoms with van der Waals surface area (Å²) in [6, 6.07) is 15.3. The van der Waals surface area contributed by atoms with Crippen LogP contribution in [0, 0.1) is 6.92 Å². The van der Waals surface area contributed by atoms with Crippen LogP contribution in [-0.2, 0) is 6.42 Å². The van der Waals surface area contributed by atoms with Gasteiger partial charge in [0.1, 0.15) is 0 Å². The second-order valence-corrected chi connectivity index (χ2v) is 4.79. The number of hydrogen-bond acceptors (Lipinski definition) is 1. The lowest BCUT2D eigenvalue weighted by molar-refractivity contribution is 0.0983. The first kappa shape index (κ1) is 12.8. The highest BCUT2D eigenvalue weighted by molar-refractivity contribution is 6.31. The highest BCUT2D eigenvalue weighted by Crippen LogP contribution is 2.17. The second kappa shape index (κ2) is 5.83. The molecule has 0 bridgehead atoms. The number of rotatable bonds is 4. The molecular formula is C16H15ClO. The average Bonchev–Trinajstić information content (AvgIpc) is 2.38. The first-order valence-electron chi connectivity index (χ1n) is 6.00. The second-order valence-electron chi connectivity index (χ2n) is 4.38. The Hall–Kier alpha value is -1.60. The van der Waals surface area contributed by atoms with Gasteiger partial charge in [-0.05, 0) is 25.0 Å². The molecule has 0 spiro atoms. The van der Waals surface area contributed by atoms with Crippen molar-refractivity contribution < 1.29 is 4.79 Å². The maximum atomic E-state index is 12.0. The number of hydrogen-bond donors (Lipinski definition) is 0. The van der Waals surface area contributed by atoms with E-state index in [0.29, 0.717) is 12.8 Å². The molecule has 0 aliphatic carbocycles. The highest BCUT2D eigenvalue weighted by atomic mass is 35.5. The van der Waals surface area contributed by atoms with Crippen molar-refractivity contribution in [3.63, 3.8) is 0 Å². The van der Waals surface area contributed by atoms with E-state index in [1.807, 2.05) is 55.5 Å². The third kappa shape index (κ3) is 3.21. The molecular weight excluding hydrogens is 244 g/mol. The standard InChI is InChI=1S/C16H15ClO/c1-12-6-8-14(9-7-12)16(18)11-10-13-4-2-3-5-15(13)17/h2-9H,10-11H2,1H3. The first-order valence-corrected chi connectivity index (χ1v) is 6.38. The van der Waals surface area contributed by atoms with E-state index in [1.54, 1.807) is 0 Å². The number of ketones is 1. The van der Waals surface area contributed by atoms with Crippen molar-refractivity contribution in [1.29, 1.82) is 0 Å². The summed E-state index contributed by atoms with van der Waals surface area (Å²) in [5, 5.41) is 0.731. The zero-order valence-corrected chi connectivity index (χ0v) is 11.1. The van der Waals surface area contributed by atoms with Crippen molar-refractivity contribution in [2.75, 3.05) is 0 Å². The maximum Gasteiger partial charge on any atom is 0.163 e. The van der Waals surface area contributed by atoms with Crippen molar-refractivity contribution in [3.05, 3.63) is 70.2 Å². The Balaban J connectivity index is 2.01. The van der Waals surface area contributed by atoms with Gasteiger partial charge in [0.25, 0.3) is 0 Å². The van der Waals surface area contributed by atoms with Crippen LogP contribution in [0.25, 0.3) is 0 Å². The minimum absolute atomic E-state index is 0.162. The first-order chi connectivity index (χ1) is 8.66. The molecule has 18 heavy (non-hydrogen) atoms. The molecule has 0 saturated carbocycles. The molecule has 2 aromatic rings. The Kier molecular flexibility index (Phi) is 4.16. The fourth-order valence-electron chi connectivity index (χ4n) is 1.83. The third-order valence-corrected chi connectivity index (χ3v) is 3.32. The van der Waals surface area contributed by atoms with Gasteiger partial charge in [-0.15, -0.1) is 0 Å². The quantitative estimate of drug-likeness (QED) is 0.740. The predicted octanol–water partition coefficient (Wildman–Crippen LogP) is 4.46. The van der Waals surface area contributed by atoms with Crippen LogP contribution in [0.15, 0.2) is 48.5 Å². The lowest BCUT2D eigenvalue weighted by Crippen LogP contribution is -2.01. The van der Waals surface area contributed by atoms with E-state index < -0.39 is 0 Å². The third-order valence-electron chi connectivity index (χ3n) is 2.95. The molecule has 0 heterocycles. The number of benzene rings is 2. The van der Waals surface area contributed by atoms with Gasteiger partial charge in [-0.25, -0.2) is 0 Å². The topological polar surface area (TPSA) is 17.1 Å². The van der Waals surface area contributed by atoms with Crippen molar-refractivity contribution in [2.24, 2.45) is 0 Å². The zero-order valence-electron chi connectivity index (χ0n) is 10.3. The number of carbonyl (C=O) groups is 1. The molecule has 0 N–H and O–H groups in total. The molecule has 0 saturated heterocycles. The van der Waals surface area contributed by atoms with E-state index in [4.69, 9.17) is 11.6 Å². The number of carbonyl (C=O) groups excluding carboxylic acids is 1. The molecule has 92 valence electrons. The minimum Gasteiger partial charge on any atom is -0.294 e. The van der Waals surface area contributed by atoms with Crippen LogP contribution in [0.4, 0.5) is 0 Å². The van der Waals surface area contributed by atoms with Crippen LogP contribution in [0.5, 0.6) is 0 Å². The molecule has 0 amide bonds. The van der Waals surface area contributed by atoms with E-state index in [2.05, 4.69) is 0 Å². The zero-order chi connectivity index (χ0) is 13.0. The number of Topliss-reactive ketones (excluding diaryl/α,β-unsaturated/α-hetero) is 1. The van der Waals surface area contributed by atoms with Crippen molar-refractivity contribution in [1.82, 2.24) is 0 Å². The summed E-state index contributed by atoms with van der Waals surface area (Å²) < 4.78 is 0. The molecule has 0 unspecified atom stereocenters. The van der Waals surface area contributed by atoms with Gasteiger partial charge in [0.2, 0.25) is 0 Å². The van der Waals surface area contributed by atoms with Gasteiger partial charge < -0.3 is 0 Å². The largest absolute Gasteiger partial charge is 0.294 e. The molecule has 1 nitrogen and oxygen atoms in total. The molecule has 2 heteroatoms. The Bertz CT molecular complexity index is 543. The van der Waals surface area contributed by atoms with Gasteiger partial charge in [-0.1, -0.05) is 59.6 Å². The van der Waals surface area contributed by atoms with Gasteiger partial charge in [-0.2, -0.15) is 0 Å². The van der Waals surface area contributed by atoms with Crippen molar-refractivity contribution in [2.45, 2.75) is 19.8 Å². The van der Waals surface area contributed by atoms with E-state index in [-0.39, 0.29) is 5.78 Å². The van der Waals surface area contributed by atoms with Crippen molar-refractivity contribution in [3.8, 4) is 0 Å². The SMILES string of the molecule is Cc1ccc(C(=O)CCc2ccccc2Cl)cc1. The normalized spacial score (nSPS) is 10.3. The van der Waals surface area contributed by atoms with Crippen LogP contribution >= 0.6 is 11.6 Å². The molecule has 2 aromatic carbocycles. The maximum absolute atomic E-state index is 12.0. The summed E-state index contributed by atoms with van der Waals surface area (Å²) >= 11 is 6.06. The fraction of sp³-hybridized carbons (Fsp3) is 0.188. The highest BCUT2D eigenvalue weighted by Gasteiger charge is 2.07. The lowest BCUT2D eigenvalue weighted by atomic mass is 10.0. The smallest absolute Gasteiger partial charge is 0.163 e. The predicted molar refractivity (Wildman–Crippen MR) is 75.3 cm³/mol. The molecule has 0 aliphatic rings. The van der Waals surface area contributed by atoms with E-state index >= 15 is 0 Å². The van der Waals surface area contributed by atoms with Crippen LogP contribution in [0.3, 0.4) is 0 Å². The molecule has 0 atom stereocenters. The average molecular weight is 259 g/mol. The Labute approximate surface area is 112 Å². The summed E-state index contributed by atoms with van der Waals surface area (Å²) in [5.41, 5.74) is 2.96. The van der Waals surface area contributed by atoms with Crippen LogP contribution in [0.2, 0.25) is 5.02 Å². The van der Waals surface area contributed by atoms with Gasteiger partial charge >= 0.3 is 0 Å². The summed E-state index contributed by atoms with van der Waals surface area (Å²) in [5.74, 6) is 0.162. The lowest BCUT2D eigenvalue weighted by Gasteiger charge is -2.04. The summed E-state index contributed by atoms with van der Waals surface area (Å²) in [4.78, 5) is 12.0. The molecule has 0 aliphatic heterocycles. The van der Waals surface area contributed by atoms with Gasteiger partial charge in [0, 0.05) is 17.0 Å². The van der Waals surface area contributed by atoms with E-state index in [0.717, 1.165) is 21.7 Å². The van der Waals surface area contributed by atoms with Gasteiger partial charge in [0.15, 0.2) is 5.78 Å². The summed E-state index contributed by atoms with van der Waals surface area (Å²) in [6.07, 6.45) is 1.18. The van der Waals surface area contributed by atoms with Gasteiger partial charge in [-0.3, -0.25) is 4.79 Å². The molecule has 0 aromatic heterocycles. The van der Waals surface area contributed by atoms with Crippen LogP contribution in [0.1, 0.15) is 27.9 Å². The molecule has 0 radical (unpaired) electrons. The fourth-order valence-corrected chi connectivity index (χ4v) is 2.06. The summed E-state index contributed by atoms with van der Waals surface area (Å²) in [6.45, 7) is 2.01. The Morgan fingerprint density at radius 1 is 1.06 bits per heavy atom. The number of halogens is 1. The molecule has 0 fully saturated rings. The van der Waals surface area contributed by atoms with Gasteiger partial charge in [0.05, 0.1) is 0 Å². The van der Waals surface area contributed by atoms with Crippen LogP contribution in [-0.4, -0.2) is 5.78 Å². The van der Waals surface area contributed by atoms with E-state index in [9.17, 15) is 4.79 Å². The summed E-state index contributed by atoms with van der Waals surface area (Å²) in [7, 11) is 0. The van der Waals surface area contributed by atoms with E-state index in [1.165, 1.54) is 0 Å². The monoisotopic (exact) mass is 258 g/mol. The minimum atomic E-state index is 0.162. The van der Waals surface area contributed by atoms with Crippen molar-refractivity contribution >= 4 is 17.4 Å². The Morgan fingerprint density at radius 2 is 1.72 bits per heavy atom. The molecule has 2 rings (SSSR count). The van der Waals surface area contributed by atoms with Crippen LogP contribution < -0.4 is 0 Å².